The predicted octanol–water partition coefficient (Wildman–Crippen LogP) is 5.25. The topological polar surface area (TPSA) is 68.3 Å². The Bertz CT molecular complexity index is 1070. The minimum Gasteiger partial charge on any atom is -0.490 e. The number of fused-ring (bicyclic) bond motifs is 2. The number of anilines is 1. The van der Waals surface area contributed by atoms with Crippen molar-refractivity contribution in [3.8, 4) is 5.75 Å². The van der Waals surface area contributed by atoms with Gasteiger partial charge in [0.1, 0.15) is 18.0 Å². The number of hydrogen-bond acceptors (Lipinski definition) is 5. The van der Waals surface area contributed by atoms with Crippen molar-refractivity contribution >= 4 is 29.5 Å². The molecule has 2 amide bonds. The third-order valence-electron chi connectivity index (χ3n) is 5.87. The lowest BCUT2D eigenvalue weighted by molar-refractivity contribution is 0.0258. The molecule has 2 aliphatic heterocycles. The summed E-state index contributed by atoms with van der Waals surface area (Å²) in [5.74, 6) is 0.666. The van der Waals surface area contributed by atoms with Gasteiger partial charge in [-0.25, -0.2) is 9.59 Å². The highest BCUT2D eigenvalue weighted by Gasteiger charge is 2.29. The van der Waals surface area contributed by atoms with Gasteiger partial charge in [-0.3, -0.25) is 4.90 Å². The molecule has 0 aliphatic carbocycles. The van der Waals surface area contributed by atoms with Gasteiger partial charge >= 0.3 is 12.2 Å². The first kappa shape index (κ1) is 24.2. The van der Waals surface area contributed by atoms with Crippen molar-refractivity contribution in [1.29, 1.82) is 0 Å². The number of benzene rings is 2. The molecule has 0 saturated heterocycles. The number of amides is 2. The molecule has 0 bridgehead atoms. The van der Waals surface area contributed by atoms with Crippen LogP contribution in [-0.4, -0.2) is 55.5 Å². The molecule has 0 unspecified atom stereocenters. The van der Waals surface area contributed by atoms with Crippen LogP contribution in [0.2, 0.25) is 5.02 Å². The molecule has 182 valence electrons. The van der Waals surface area contributed by atoms with Crippen molar-refractivity contribution in [2.75, 3.05) is 37.7 Å². The largest absolute Gasteiger partial charge is 0.490 e. The van der Waals surface area contributed by atoms with E-state index >= 15 is 0 Å². The number of nitrogens with zero attached hydrogens (tertiary/aromatic N) is 2. The van der Waals surface area contributed by atoms with Crippen LogP contribution in [0.4, 0.5) is 15.3 Å². The maximum absolute atomic E-state index is 12.9. The van der Waals surface area contributed by atoms with Gasteiger partial charge in [0.05, 0.1) is 18.8 Å². The van der Waals surface area contributed by atoms with Gasteiger partial charge in [-0.2, -0.15) is 0 Å². The maximum atomic E-state index is 12.9. The normalized spacial score (nSPS) is 15.5. The van der Waals surface area contributed by atoms with Crippen molar-refractivity contribution in [3.63, 3.8) is 0 Å². The monoisotopic (exact) mass is 486 g/mol. The molecule has 4 rings (SSSR count). The third-order valence-corrected chi connectivity index (χ3v) is 6.24. The van der Waals surface area contributed by atoms with E-state index in [1.807, 2.05) is 57.2 Å². The molecule has 0 fully saturated rings. The van der Waals surface area contributed by atoms with E-state index in [2.05, 4.69) is 0 Å². The van der Waals surface area contributed by atoms with E-state index < -0.39 is 11.7 Å². The Kier molecular flexibility index (Phi) is 7.22. The average Bonchev–Trinajstić information content (AvgIpc) is 2.99. The number of ether oxygens (including phenoxy) is 3. The van der Waals surface area contributed by atoms with Crippen LogP contribution in [-0.2, 0) is 28.7 Å². The van der Waals surface area contributed by atoms with Crippen LogP contribution in [0.3, 0.4) is 0 Å². The summed E-state index contributed by atoms with van der Waals surface area (Å²) < 4.78 is 17.0. The molecule has 34 heavy (non-hydrogen) atoms. The number of hydrogen-bond donors (Lipinski definition) is 0. The first-order valence-corrected chi connectivity index (χ1v) is 12.0. The smallest absolute Gasteiger partial charge is 0.414 e. The summed E-state index contributed by atoms with van der Waals surface area (Å²) in [5, 5.41) is 0.665. The van der Waals surface area contributed by atoms with Gasteiger partial charge in [0, 0.05) is 24.5 Å². The Labute approximate surface area is 205 Å². The van der Waals surface area contributed by atoms with E-state index in [9.17, 15) is 9.59 Å². The summed E-state index contributed by atoms with van der Waals surface area (Å²) in [6, 6.07) is 11.5. The zero-order valence-corrected chi connectivity index (χ0v) is 20.7. The maximum Gasteiger partial charge on any atom is 0.414 e. The van der Waals surface area contributed by atoms with Gasteiger partial charge in [-0.05, 0) is 68.5 Å². The molecule has 8 heteroatoms. The van der Waals surface area contributed by atoms with E-state index in [0.717, 1.165) is 16.7 Å². The molecule has 0 N–H and O–H groups in total. The molecule has 2 heterocycles. The lowest BCUT2D eigenvalue weighted by Gasteiger charge is -2.30. The zero-order chi connectivity index (χ0) is 24.3. The lowest BCUT2D eigenvalue weighted by atomic mass is 10.0. The van der Waals surface area contributed by atoms with Crippen LogP contribution >= 0.6 is 11.6 Å². The van der Waals surface area contributed by atoms with Crippen LogP contribution in [0.5, 0.6) is 5.75 Å². The van der Waals surface area contributed by atoms with E-state index in [0.29, 0.717) is 62.0 Å². The second-order valence-electron chi connectivity index (χ2n) is 9.51. The van der Waals surface area contributed by atoms with Crippen molar-refractivity contribution in [2.45, 2.75) is 45.6 Å². The molecular formula is C26H31ClN2O5. The Balaban J connectivity index is 1.43. The second kappa shape index (κ2) is 10.1. The molecule has 0 saturated carbocycles. The fraction of sp³-hybridized carbons (Fsp3) is 0.462. The summed E-state index contributed by atoms with van der Waals surface area (Å²) in [4.78, 5) is 28.8. The Hall–Kier alpha value is -2.93. The van der Waals surface area contributed by atoms with Gasteiger partial charge in [0.15, 0.2) is 0 Å². The molecule has 7 nitrogen and oxygen atoms in total. The third kappa shape index (κ3) is 5.76. The zero-order valence-electron chi connectivity index (χ0n) is 19.9. The summed E-state index contributed by atoms with van der Waals surface area (Å²) in [6.07, 6.45) is 1.23. The van der Waals surface area contributed by atoms with Crippen molar-refractivity contribution in [2.24, 2.45) is 0 Å². The molecule has 0 aromatic heterocycles. The summed E-state index contributed by atoms with van der Waals surface area (Å²) >= 11 is 6.20. The van der Waals surface area contributed by atoms with E-state index in [4.69, 9.17) is 25.8 Å². The first-order valence-electron chi connectivity index (χ1n) is 11.7. The Morgan fingerprint density at radius 3 is 2.44 bits per heavy atom. The van der Waals surface area contributed by atoms with Crippen LogP contribution in [0.1, 0.15) is 37.5 Å². The predicted molar refractivity (Wildman–Crippen MR) is 131 cm³/mol. The quantitative estimate of drug-likeness (QED) is 0.592. The molecule has 0 atom stereocenters. The summed E-state index contributed by atoms with van der Waals surface area (Å²) in [5.41, 5.74) is 3.34. The lowest BCUT2D eigenvalue weighted by Crippen LogP contribution is -2.38. The van der Waals surface area contributed by atoms with Crippen molar-refractivity contribution in [1.82, 2.24) is 4.90 Å². The highest BCUT2D eigenvalue weighted by Crippen LogP contribution is 2.36. The molecule has 2 aromatic carbocycles. The van der Waals surface area contributed by atoms with E-state index in [1.54, 1.807) is 9.80 Å². The number of rotatable bonds is 3. The minimum absolute atomic E-state index is 0.241. The number of carbonyl (C=O) groups excluding carboxylic acids is 2. The fourth-order valence-corrected chi connectivity index (χ4v) is 4.39. The molecule has 2 aliphatic rings. The van der Waals surface area contributed by atoms with Crippen LogP contribution < -0.4 is 9.64 Å². The standard InChI is InChI=1S/C26H31ClN2O5/c1-26(2,3)34-24(30)28-11-8-19-16-22-23(17-20(19)9-12-28)32-15-13-29(22)25(31)33-14-10-18-6-4-5-7-21(18)27/h4-7,16-17H,8-15H2,1-3H3. The van der Waals surface area contributed by atoms with E-state index in [1.165, 1.54) is 0 Å². The number of halogens is 1. The Morgan fingerprint density at radius 2 is 1.74 bits per heavy atom. The van der Waals surface area contributed by atoms with Gasteiger partial charge in [0.2, 0.25) is 0 Å². The van der Waals surface area contributed by atoms with Gasteiger partial charge < -0.3 is 19.1 Å². The Morgan fingerprint density at radius 1 is 1.03 bits per heavy atom. The van der Waals surface area contributed by atoms with Gasteiger partial charge in [-0.15, -0.1) is 0 Å². The summed E-state index contributed by atoms with van der Waals surface area (Å²) in [7, 11) is 0. The molecular weight excluding hydrogens is 456 g/mol. The fourth-order valence-electron chi connectivity index (χ4n) is 4.16. The van der Waals surface area contributed by atoms with Crippen LogP contribution in [0.25, 0.3) is 0 Å². The minimum atomic E-state index is -0.532. The van der Waals surface area contributed by atoms with E-state index in [-0.39, 0.29) is 12.7 Å². The molecule has 2 aromatic rings. The number of carbonyl (C=O) groups is 2. The van der Waals surface area contributed by atoms with Gasteiger partial charge in [0.25, 0.3) is 0 Å². The average molecular weight is 487 g/mol. The van der Waals surface area contributed by atoms with Crippen LogP contribution in [0, 0.1) is 0 Å². The van der Waals surface area contributed by atoms with Gasteiger partial charge in [-0.1, -0.05) is 29.8 Å². The highest BCUT2D eigenvalue weighted by atomic mass is 35.5. The first-order chi connectivity index (χ1) is 16.2. The summed E-state index contributed by atoms with van der Waals surface area (Å²) in [6.45, 7) is 7.79. The molecule has 0 spiro atoms. The molecule has 0 radical (unpaired) electrons. The SMILES string of the molecule is CC(C)(C)OC(=O)N1CCc2cc3c(cc2CC1)N(C(=O)OCCc1ccccc1Cl)CCO3. The highest BCUT2D eigenvalue weighted by molar-refractivity contribution is 6.31. The second-order valence-corrected chi connectivity index (χ2v) is 9.92. The van der Waals surface area contributed by atoms with Crippen molar-refractivity contribution in [3.05, 3.63) is 58.1 Å². The van der Waals surface area contributed by atoms with Crippen molar-refractivity contribution < 1.29 is 23.8 Å². The van der Waals surface area contributed by atoms with Crippen LogP contribution in [0.15, 0.2) is 36.4 Å².